The first-order valence-corrected chi connectivity index (χ1v) is 6.25. The lowest BCUT2D eigenvalue weighted by atomic mass is 10.1. The minimum atomic E-state index is -0.345. The van der Waals surface area contributed by atoms with Crippen LogP contribution >= 0.6 is 0 Å². The highest BCUT2D eigenvalue weighted by Gasteiger charge is 2.44. The first-order chi connectivity index (χ1) is 8.83. The number of nitrogens with zero attached hydrogens (tertiary/aromatic N) is 1. The van der Waals surface area contributed by atoms with E-state index in [9.17, 15) is 4.79 Å². The third kappa shape index (κ3) is 2.68. The lowest BCUT2D eigenvalue weighted by Crippen LogP contribution is -2.38. The van der Waals surface area contributed by atoms with Gasteiger partial charge in [-0.25, -0.2) is 5.48 Å². The smallest absolute Gasteiger partial charge is 0.272 e. The molecule has 0 spiro atoms. The molecule has 3 rings (SSSR count). The van der Waals surface area contributed by atoms with Crippen LogP contribution in [0.15, 0.2) is 24.5 Å². The number of carbonyl (C=O) groups is 1. The third-order valence-electron chi connectivity index (χ3n) is 3.52. The van der Waals surface area contributed by atoms with Gasteiger partial charge in [0.1, 0.15) is 12.7 Å². The van der Waals surface area contributed by atoms with Crippen molar-refractivity contribution < 1.29 is 14.4 Å². The molecule has 2 aliphatic rings. The highest BCUT2D eigenvalue weighted by Crippen LogP contribution is 2.45. The number of pyridine rings is 1. The summed E-state index contributed by atoms with van der Waals surface area (Å²) in [6.07, 6.45) is 5.09. The highest BCUT2D eigenvalue weighted by molar-refractivity contribution is 5.79. The molecular formula is C13H16N2O3. The van der Waals surface area contributed by atoms with Crippen molar-refractivity contribution in [3.8, 4) is 0 Å². The molecule has 5 heteroatoms. The standard InChI is InChI=1S/C13H16N2O3/c16-13(12-5-10-4-11(10)8-17-12)15-18-7-9-2-1-3-14-6-9/h1-3,6,10-12H,4-5,7-8H2,(H,15,16). The molecule has 18 heavy (non-hydrogen) atoms. The van der Waals surface area contributed by atoms with Gasteiger partial charge in [-0.2, -0.15) is 0 Å². The minimum absolute atomic E-state index is 0.177. The van der Waals surface area contributed by atoms with E-state index in [0.717, 1.165) is 12.0 Å². The Kier molecular flexibility index (Phi) is 3.25. The SMILES string of the molecule is O=C(NOCc1cccnc1)C1CC2CC2CO1. The third-order valence-corrected chi connectivity index (χ3v) is 3.52. The number of hydrogen-bond acceptors (Lipinski definition) is 4. The summed E-state index contributed by atoms with van der Waals surface area (Å²) in [6, 6.07) is 3.73. The van der Waals surface area contributed by atoms with Crippen molar-refractivity contribution in [3.63, 3.8) is 0 Å². The van der Waals surface area contributed by atoms with Crippen molar-refractivity contribution in [2.75, 3.05) is 6.61 Å². The van der Waals surface area contributed by atoms with E-state index >= 15 is 0 Å². The lowest BCUT2D eigenvalue weighted by molar-refractivity contribution is -0.149. The zero-order valence-electron chi connectivity index (χ0n) is 10.0. The number of hydrogen-bond donors (Lipinski definition) is 1. The molecule has 1 aliphatic heterocycles. The molecule has 1 saturated heterocycles. The summed E-state index contributed by atoms with van der Waals surface area (Å²) in [7, 11) is 0. The zero-order chi connectivity index (χ0) is 12.4. The maximum absolute atomic E-state index is 11.8. The molecule has 1 aromatic rings. The predicted molar refractivity (Wildman–Crippen MR) is 63.1 cm³/mol. The molecule has 1 N–H and O–H groups in total. The van der Waals surface area contributed by atoms with Crippen LogP contribution in [0, 0.1) is 11.8 Å². The topological polar surface area (TPSA) is 60.5 Å². The van der Waals surface area contributed by atoms with Crippen molar-refractivity contribution in [1.82, 2.24) is 10.5 Å². The maximum Gasteiger partial charge on any atom is 0.272 e. The second kappa shape index (κ2) is 5.04. The van der Waals surface area contributed by atoms with Gasteiger partial charge in [-0.15, -0.1) is 0 Å². The molecule has 2 heterocycles. The average molecular weight is 248 g/mol. The van der Waals surface area contributed by atoms with Gasteiger partial charge in [-0.1, -0.05) is 6.07 Å². The van der Waals surface area contributed by atoms with E-state index in [1.807, 2.05) is 12.1 Å². The zero-order valence-corrected chi connectivity index (χ0v) is 10.0. The minimum Gasteiger partial charge on any atom is -0.368 e. The summed E-state index contributed by atoms with van der Waals surface area (Å²) in [4.78, 5) is 20.9. The van der Waals surface area contributed by atoms with Gasteiger partial charge in [-0.05, 0) is 36.3 Å². The van der Waals surface area contributed by atoms with Gasteiger partial charge in [0.15, 0.2) is 0 Å². The fourth-order valence-electron chi connectivity index (χ4n) is 2.31. The van der Waals surface area contributed by atoms with Crippen LogP contribution in [0.1, 0.15) is 18.4 Å². The Hall–Kier alpha value is -1.46. The van der Waals surface area contributed by atoms with E-state index in [2.05, 4.69) is 10.5 Å². The number of fused-ring (bicyclic) bond motifs is 1. The maximum atomic E-state index is 11.8. The number of rotatable bonds is 4. The summed E-state index contributed by atoms with van der Waals surface area (Å²) in [5.41, 5.74) is 3.37. The number of hydroxylamine groups is 1. The van der Waals surface area contributed by atoms with Crippen LogP contribution in [0.4, 0.5) is 0 Å². The Balaban J connectivity index is 1.41. The van der Waals surface area contributed by atoms with Crippen LogP contribution in [0.3, 0.4) is 0 Å². The van der Waals surface area contributed by atoms with E-state index in [-0.39, 0.29) is 12.0 Å². The van der Waals surface area contributed by atoms with Crippen LogP contribution in [0.25, 0.3) is 0 Å². The Morgan fingerprint density at radius 2 is 2.44 bits per heavy atom. The van der Waals surface area contributed by atoms with Gasteiger partial charge in [0, 0.05) is 12.4 Å². The number of aromatic nitrogens is 1. The molecule has 0 aromatic carbocycles. The Morgan fingerprint density at radius 3 is 3.22 bits per heavy atom. The highest BCUT2D eigenvalue weighted by atomic mass is 16.7. The Morgan fingerprint density at radius 1 is 1.50 bits per heavy atom. The second-order valence-electron chi connectivity index (χ2n) is 4.93. The molecule has 5 nitrogen and oxygen atoms in total. The van der Waals surface area contributed by atoms with Gasteiger partial charge in [0.05, 0.1) is 6.61 Å². The van der Waals surface area contributed by atoms with Crippen LogP contribution in [0.5, 0.6) is 0 Å². The van der Waals surface area contributed by atoms with E-state index < -0.39 is 0 Å². The fraction of sp³-hybridized carbons (Fsp3) is 0.538. The van der Waals surface area contributed by atoms with E-state index in [1.165, 1.54) is 6.42 Å². The molecule has 1 aliphatic carbocycles. The number of ether oxygens (including phenoxy) is 1. The first kappa shape index (κ1) is 11.6. The normalized spacial score (nSPS) is 29.4. The number of nitrogens with one attached hydrogen (secondary N) is 1. The van der Waals surface area contributed by atoms with Crippen molar-refractivity contribution in [1.29, 1.82) is 0 Å². The summed E-state index contributed by atoms with van der Waals surface area (Å²) < 4.78 is 5.49. The number of amides is 1. The predicted octanol–water partition coefficient (Wildman–Crippen LogP) is 1.05. The largest absolute Gasteiger partial charge is 0.368 e. The monoisotopic (exact) mass is 248 g/mol. The van der Waals surface area contributed by atoms with Gasteiger partial charge in [-0.3, -0.25) is 14.6 Å². The quantitative estimate of drug-likeness (QED) is 0.809. The number of carbonyl (C=O) groups excluding carboxylic acids is 1. The van der Waals surface area contributed by atoms with Gasteiger partial charge in [0.25, 0.3) is 5.91 Å². The van der Waals surface area contributed by atoms with Crippen molar-refractivity contribution in [2.45, 2.75) is 25.6 Å². The molecule has 1 amide bonds. The molecule has 1 saturated carbocycles. The van der Waals surface area contributed by atoms with Crippen molar-refractivity contribution >= 4 is 5.91 Å². The molecule has 2 fully saturated rings. The summed E-state index contributed by atoms with van der Waals surface area (Å²) in [5, 5.41) is 0. The van der Waals surface area contributed by atoms with Gasteiger partial charge < -0.3 is 4.74 Å². The molecule has 0 bridgehead atoms. The summed E-state index contributed by atoms with van der Waals surface area (Å²) >= 11 is 0. The van der Waals surface area contributed by atoms with Crippen LogP contribution in [-0.2, 0) is 21.0 Å². The molecule has 0 radical (unpaired) electrons. The second-order valence-corrected chi connectivity index (χ2v) is 4.93. The molecule has 1 aromatic heterocycles. The van der Waals surface area contributed by atoms with Crippen LogP contribution in [0.2, 0.25) is 0 Å². The summed E-state index contributed by atoms with van der Waals surface area (Å²) in [6.45, 7) is 1.03. The average Bonchev–Trinajstić information content (AvgIpc) is 3.18. The van der Waals surface area contributed by atoms with Crippen molar-refractivity contribution in [2.24, 2.45) is 11.8 Å². The van der Waals surface area contributed by atoms with E-state index in [0.29, 0.717) is 25.0 Å². The molecule has 3 atom stereocenters. The summed E-state index contributed by atoms with van der Waals surface area (Å²) in [5.74, 6) is 1.21. The lowest BCUT2D eigenvalue weighted by Gasteiger charge is -2.20. The molecule has 96 valence electrons. The van der Waals surface area contributed by atoms with E-state index in [1.54, 1.807) is 12.4 Å². The van der Waals surface area contributed by atoms with Gasteiger partial charge >= 0.3 is 0 Å². The first-order valence-electron chi connectivity index (χ1n) is 6.25. The Labute approximate surface area is 105 Å². The van der Waals surface area contributed by atoms with Crippen LogP contribution in [-0.4, -0.2) is 23.6 Å². The Bertz CT molecular complexity index is 424. The fourth-order valence-corrected chi connectivity index (χ4v) is 2.31. The molecular weight excluding hydrogens is 232 g/mol. The van der Waals surface area contributed by atoms with Gasteiger partial charge in [0.2, 0.25) is 0 Å². The van der Waals surface area contributed by atoms with Crippen molar-refractivity contribution in [3.05, 3.63) is 30.1 Å². The van der Waals surface area contributed by atoms with Crippen LogP contribution < -0.4 is 5.48 Å². The van der Waals surface area contributed by atoms with E-state index in [4.69, 9.17) is 9.57 Å². The molecule has 3 unspecified atom stereocenters.